The molecule has 1 atom stereocenters. The molecule has 0 spiro atoms. The molecule has 1 aliphatic heterocycles. The summed E-state index contributed by atoms with van der Waals surface area (Å²) in [6, 6.07) is 8.85. The van der Waals surface area contributed by atoms with Crippen molar-refractivity contribution in [2.75, 3.05) is 20.2 Å². The minimum absolute atomic E-state index is 0.305. The fourth-order valence-electron chi connectivity index (χ4n) is 2.75. The maximum absolute atomic E-state index is 5.39. The number of nitrogens with one attached hydrogen (secondary N) is 1. The van der Waals surface area contributed by atoms with Crippen molar-refractivity contribution in [3.63, 3.8) is 0 Å². The van der Waals surface area contributed by atoms with Gasteiger partial charge in [-0.25, -0.2) is 0 Å². The third kappa shape index (κ3) is 3.82. The lowest BCUT2D eigenvalue weighted by Gasteiger charge is -2.24. The standard InChI is InChI=1S/C16H25NO/c1-13(18-2)11-15-5-3-4-6-16(15)12-14-7-9-17-10-8-14/h3-6,13-14,17H,7-12H2,1-2H3. The van der Waals surface area contributed by atoms with Crippen LogP contribution in [0.2, 0.25) is 0 Å². The highest BCUT2D eigenvalue weighted by Gasteiger charge is 2.15. The maximum Gasteiger partial charge on any atom is 0.0583 e. The van der Waals surface area contributed by atoms with Crippen LogP contribution in [0, 0.1) is 5.92 Å². The molecular formula is C16H25NO. The second-order valence-corrected chi connectivity index (χ2v) is 5.42. The van der Waals surface area contributed by atoms with E-state index in [1.165, 1.54) is 43.5 Å². The Morgan fingerprint density at radius 2 is 1.89 bits per heavy atom. The van der Waals surface area contributed by atoms with Gasteiger partial charge in [-0.15, -0.1) is 0 Å². The zero-order chi connectivity index (χ0) is 12.8. The topological polar surface area (TPSA) is 21.3 Å². The first-order valence-electron chi connectivity index (χ1n) is 7.10. The number of hydrogen-bond donors (Lipinski definition) is 1. The lowest BCUT2D eigenvalue weighted by molar-refractivity contribution is 0.118. The first-order chi connectivity index (χ1) is 8.79. The minimum atomic E-state index is 0.305. The molecule has 0 radical (unpaired) electrons. The molecule has 1 saturated heterocycles. The Morgan fingerprint density at radius 1 is 1.22 bits per heavy atom. The Labute approximate surface area is 111 Å². The van der Waals surface area contributed by atoms with E-state index in [-0.39, 0.29) is 0 Å². The van der Waals surface area contributed by atoms with Crippen LogP contribution in [-0.2, 0) is 17.6 Å². The van der Waals surface area contributed by atoms with E-state index in [2.05, 4.69) is 36.5 Å². The molecular weight excluding hydrogens is 222 g/mol. The molecule has 1 heterocycles. The quantitative estimate of drug-likeness (QED) is 0.864. The summed E-state index contributed by atoms with van der Waals surface area (Å²) in [6.45, 7) is 4.50. The van der Waals surface area contributed by atoms with Crippen molar-refractivity contribution >= 4 is 0 Å². The number of benzene rings is 1. The second kappa shape index (κ2) is 6.91. The zero-order valence-electron chi connectivity index (χ0n) is 11.6. The van der Waals surface area contributed by atoms with E-state index in [1.54, 1.807) is 7.11 Å². The predicted molar refractivity (Wildman–Crippen MR) is 75.9 cm³/mol. The molecule has 1 aromatic carbocycles. The molecule has 18 heavy (non-hydrogen) atoms. The first kappa shape index (κ1) is 13.6. The molecule has 100 valence electrons. The first-order valence-corrected chi connectivity index (χ1v) is 7.10. The van der Waals surface area contributed by atoms with Crippen LogP contribution >= 0.6 is 0 Å². The van der Waals surface area contributed by atoms with Crippen molar-refractivity contribution in [1.82, 2.24) is 5.32 Å². The highest BCUT2D eigenvalue weighted by Crippen LogP contribution is 2.21. The summed E-state index contributed by atoms with van der Waals surface area (Å²) in [6.07, 6.45) is 5.19. The molecule has 0 bridgehead atoms. The van der Waals surface area contributed by atoms with Crippen LogP contribution < -0.4 is 5.32 Å². The molecule has 2 rings (SSSR count). The number of piperidine rings is 1. The van der Waals surface area contributed by atoms with E-state index in [9.17, 15) is 0 Å². The predicted octanol–water partition coefficient (Wildman–Crippen LogP) is 2.81. The van der Waals surface area contributed by atoms with Crippen molar-refractivity contribution in [3.8, 4) is 0 Å². The van der Waals surface area contributed by atoms with Crippen LogP contribution in [0.15, 0.2) is 24.3 Å². The fraction of sp³-hybridized carbons (Fsp3) is 0.625. The Morgan fingerprint density at radius 3 is 2.56 bits per heavy atom. The second-order valence-electron chi connectivity index (χ2n) is 5.42. The van der Waals surface area contributed by atoms with Crippen molar-refractivity contribution in [1.29, 1.82) is 0 Å². The molecule has 0 aromatic heterocycles. The van der Waals surface area contributed by atoms with Gasteiger partial charge in [0.25, 0.3) is 0 Å². The highest BCUT2D eigenvalue weighted by atomic mass is 16.5. The van der Waals surface area contributed by atoms with Crippen LogP contribution in [0.1, 0.15) is 30.9 Å². The van der Waals surface area contributed by atoms with E-state index in [0.29, 0.717) is 6.10 Å². The summed E-state index contributed by atoms with van der Waals surface area (Å²) in [7, 11) is 1.79. The number of rotatable bonds is 5. The number of hydrogen-bond acceptors (Lipinski definition) is 2. The van der Waals surface area contributed by atoms with E-state index >= 15 is 0 Å². The smallest absolute Gasteiger partial charge is 0.0583 e. The summed E-state index contributed by atoms with van der Waals surface area (Å²) >= 11 is 0. The van der Waals surface area contributed by atoms with E-state index in [0.717, 1.165) is 12.3 Å². The van der Waals surface area contributed by atoms with Gasteiger partial charge in [0.15, 0.2) is 0 Å². The van der Waals surface area contributed by atoms with E-state index in [1.807, 2.05) is 0 Å². The zero-order valence-corrected chi connectivity index (χ0v) is 11.6. The van der Waals surface area contributed by atoms with Crippen molar-refractivity contribution in [3.05, 3.63) is 35.4 Å². The van der Waals surface area contributed by atoms with Crippen molar-refractivity contribution in [2.45, 2.75) is 38.7 Å². The monoisotopic (exact) mass is 247 g/mol. The molecule has 0 amide bonds. The van der Waals surface area contributed by atoms with Crippen LogP contribution in [0.3, 0.4) is 0 Å². The summed E-state index contributed by atoms with van der Waals surface area (Å²) in [5.74, 6) is 0.852. The summed E-state index contributed by atoms with van der Waals surface area (Å²) in [4.78, 5) is 0. The molecule has 2 nitrogen and oxygen atoms in total. The maximum atomic E-state index is 5.39. The summed E-state index contributed by atoms with van der Waals surface area (Å²) in [5, 5.41) is 3.44. The highest BCUT2D eigenvalue weighted by molar-refractivity contribution is 5.28. The van der Waals surface area contributed by atoms with E-state index < -0.39 is 0 Å². The average molecular weight is 247 g/mol. The van der Waals surface area contributed by atoms with Gasteiger partial charge in [-0.05, 0) is 62.7 Å². The third-order valence-electron chi connectivity index (χ3n) is 4.00. The molecule has 1 unspecified atom stereocenters. The molecule has 1 N–H and O–H groups in total. The Bertz CT molecular complexity index is 358. The van der Waals surface area contributed by atoms with Crippen LogP contribution in [0.4, 0.5) is 0 Å². The lowest BCUT2D eigenvalue weighted by atomic mass is 9.88. The van der Waals surface area contributed by atoms with Gasteiger partial charge in [-0.2, -0.15) is 0 Å². The van der Waals surface area contributed by atoms with Crippen LogP contribution in [0.25, 0.3) is 0 Å². The number of ether oxygens (including phenoxy) is 1. The van der Waals surface area contributed by atoms with Crippen LogP contribution in [-0.4, -0.2) is 26.3 Å². The van der Waals surface area contributed by atoms with Gasteiger partial charge in [0.1, 0.15) is 0 Å². The molecule has 0 aliphatic carbocycles. The molecule has 1 aromatic rings. The average Bonchev–Trinajstić information content (AvgIpc) is 2.42. The van der Waals surface area contributed by atoms with Gasteiger partial charge in [-0.3, -0.25) is 0 Å². The van der Waals surface area contributed by atoms with Gasteiger partial charge in [0, 0.05) is 7.11 Å². The molecule has 2 heteroatoms. The van der Waals surface area contributed by atoms with Crippen molar-refractivity contribution < 1.29 is 4.74 Å². The Balaban J connectivity index is 2.01. The van der Waals surface area contributed by atoms with Gasteiger partial charge in [-0.1, -0.05) is 24.3 Å². The minimum Gasteiger partial charge on any atom is -0.381 e. The van der Waals surface area contributed by atoms with Gasteiger partial charge >= 0.3 is 0 Å². The largest absolute Gasteiger partial charge is 0.381 e. The van der Waals surface area contributed by atoms with Crippen molar-refractivity contribution in [2.24, 2.45) is 5.92 Å². The third-order valence-corrected chi connectivity index (χ3v) is 4.00. The van der Waals surface area contributed by atoms with Gasteiger partial charge in [0.05, 0.1) is 6.10 Å². The molecule has 1 fully saturated rings. The number of methoxy groups -OCH3 is 1. The summed E-state index contributed by atoms with van der Waals surface area (Å²) < 4.78 is 5.39. The fourth-order valence-corrected chi connectivity index (χ4v) is 2.75. The SMILES string of the molecule is COC(C)Cc1ccccc1CC1CCNCC1. The normalized spacial score (nSPS) is 18.8. The molecule has 1 aliphatic rings. The van der Waals surface area contributed by atoms with Crippen LogP contribution in [0.5, 0.6) is 0 Å². The lowest BCUT2D eigenvalue weighted by Crippen LogP contribution is -2.28. The van der Waals surface area contributed by atoms with E-state index in [4.69, 9.17) is 4.74 Å². The Kier molecular flexibility index (Phi) is 5.21. The summed E-state index contributed by atoms with van der Waals surface area (Å²) in [5.41, 5.74) is 2.98. The molecule has 0 saturated carbocycles. The Hall–Kier alpha value is -0.860. The van der Waals surface area contributed by atoms with Gasteiger partial charge < -0.3 is 10.1 Å². The van der Waals surface area contributed by atoms with Gasteiger partial charge in [0.2, 0.25) is 0 Å².